The third-order valence-corrected chi connectivity index (χ3v) is 8.29. The van der Waals surface area contributed by atoms with Crippen molar-refractivity contribution in [2.45, 2.75) is 69.2 Å². The fraction of sp³-hybridized carbons (Fsp3) is 0.909. The molecule has 0 aliphatic heterocycles. The van der Waals surface area contributed by atoms with Crippen LogP contribution in [0.2, 0.25) is 0 Å². The molecule has 2 aliphatic rings. The molecule has 2 saturated carbocycles. The van der Waals surface area contributed by atoms with Gasteiger partial charge in [-0.15, -0.1) is 0 Å². The summed E-state index contributed by atoms with van der Waals surface area (Å²) in [5, 5.41) is 7.33. The molecule has 0 saturated heterocycles. The van der Waals surface area contributed by atoms with Crippen LogP contribution in [-0.2, 0) is 0 Å². The van der Waals surface area contributed by atoms with Crippen molar-refractivity contribution in [3.63, 3.8) is 0 Å². The Morgan fingerprint density at radius 1 is 0.458 bits per heavy atom. The second-order valence-electron chi connectivity index (χ2n) is 8.77. The molecule has 2 heteroatoms. The van der Waals surface area contributed by atoms with Gasteiger partial charge in [-0.3, -0.25) is 0 Å². The molecular formula is C22H44OSm. The van der Waals surface area contributed by atoms with Gasteiger partial charge >= 0.3 is 0 Å². The second kappa shape index (κ2) is 12.3. The molecule has 2 aliphatic carbocycles. The van der Waals surface area contributed by atoms with Gasteiger partial charge in [-0.05, 0) is 59.2 Å². The molecule has 0 aromatic carbocycles. The summed E-state index contributed by atoms with van der Waals surface area (Å²) >= 11 is 0. The van der Waals surface area contributed by atoms with Crippen LogP contribution in [0.25, 0.3) is 0 Å². The van der Waals surface area contributed by atoms with Crippen molar-refractivity contribution in [2.24, 2.45) is 59.2 Å². The van der Waals surface area contributed by atoms with E-state index in [-0.39, 0.29) is 40.4 Å². The predicted octanol–water partition coefficient (Wildman–Crippen LogP) is 7.05. The minimum atomic E-state index is 0. The van der Waals surface area contributed by atoms with Crippen LogP contribution < -0.4 is 0 Å². The Kier molecular flexibility index (Phi) is 13.9. The van der Waals surface area contributed by atoms with Gasteiger partial charge in [0.25, 0.3) is 0 Å². The SMILES string of the molecule is C=CO.CC1C(C)C(C)C(C)C1C.CC1C(C)C(C)C(C)C1C.[Sm]. The van der Waals surface area contributed by atoms with Crippen LogP contribution in [0.15, 0.2) is 12.8 Å². The van der Waals surface area contributed by atoms with Crippen molar-refractivity contribution in [3.05, 3.63) is 12.8 Å². The zero-order chi connectivity index (χ0) is 18.5. The quantitative estimate of drug-likeness (QED) is 0.373. The van der Waals surface area contributed by atoms with E-state index in [1.807, 2.05) is 0 Å². The molecule has 0 radical (unpaired) electrons. The second-order valence-corrected chi connectivity index (χ2v) is 8.77. The Labute approximate surface area is 185 Å². The van der Waals surface area contributed by atoms with Crippen LogP contribution in [0.3, 0.4) is 0 Å². The molecule has 0 aromatic rings. The summed E-state index contributed by atoms with van der Waals surface area (Å²) in [5.74, 6) is 9.35. The molecule has 1 N–H and O–H groups in total. The Hall–Kier alpha value is 0.878. The maximum Gasteiger partial charge on any atom is 0.0719 e. The zero-order valence-electron chi connectivity index (χ0n) is 17.9. The number of rotatable bonds is 0. The van der Waals surface area contributed by atoms with Crippen LogP contribution in [0, 0.1) is 99.6 Å². The van der Waals surface area contributed by atoms with E-state index in [1.165, 1.54) is 0 Å². The smallest absolute Gasteiger partial charge is 0.0719 e. The summed E-state index contributed by atoms with van der Waals surface area (Å²) in [5.41, 5.74) is 0. The number of hydrogen-bond donors (Lipinski definition) is 1. The van der Waals surface area contributed by atoms with Gasteiger partial charge in [0.05, 0.1) is 6.26 Å². The first-order valence-electron chi connectivity index (χ1n) is 9.77. The fourth-order valence-electron chi connectivity index (χ4n) is 4.79. The first kappa shape index (κ1) is 27.1. The molecule has 0 unspecified atom stereocenters. The van der Waals surface area contributed by atoms with Crippen molar-refractivity contribution < 1.29 is 45.5 Å². The van der Waals surface area contributed by atoms with Gasteiger partial charge in [-0.25, -0.2) is 0 Å². The maximum atomic E-state index is 7.33. The zero-order valence-corrected chi connectivity index (χ0v) is 20.5. The van der Waals surface area contributed by atoms with Gasteiger partial charge in [-0.1, -0.05) is 75.8 Å². The van der Waals surface area contributed by atoms with Gasteiger partial charge in [0, 0.05) is 40.4 Å². The van der Waals surface area contributed by atoms with Crippen molar-refractivity contribution >= 4 is 0 Å². The van der Waals surface area contributed by atoms with Crippen molar-refractivity contribution in [1.82, 2.24) is 0 Å². The van der Waals surface area contributed by atoms with Gasteiger partial charge in [0.1, 0.15) is 0 Å². The molecule has 0 atom stereocenters. The Bertz CT molecular complexity index is 223. The third-order valence-electron chi connectivity index (χ3n) is 8.29. The molecular weight excluding hydrogens is 431 g/mol. The third kappa shape index (κ3) is 6.55. The molecule has 2 rings (SSSR count). The molecule has 1 nitrogen and oxygen atoms in total. The van der Waals surface area contributed by atoms with E-state index < -0.39 is 0 Å². The minimum Gasteiger partial charge on any atom is -0.516 e. The summed E-state index contributed by atoms with van der Waals surface area (Å²) in [6.07, 6.45) is 0.750. The number of hydrogen-bond acceptors (Lipinski definition) is 1. The van der Waals surface area contributed by atoms with Crippen LogP contribution in [0.1, 0.15) is 69.2 Å². The predicted molar refractivity (Wildman–Crippen MR) is 104 cm³/mol. The van der Waals surface area contributed by atoms with Gasteiger partial charge in [0.2, 0.25) is 0 Å². The summed E-state index contributed by atoms with van der Waals surface area (Å²) in [6.45, 7) is 26.9. The van der Waals surface area contributed by atoms with Crippen molar-refractivity contribution in [3.8, 4) is 0 Å². The summed E-state index contributed by atoms with van der Waals surface area (Å²) in [7, 11) is 0. The summed E-state index contributed by atoms with van der Waals surface area (Å²) in [4.78, 5) is 0. The fourth-order valence-corrected chi connectivity index (χ4v) is 4.79. The van der Waals surface area contributed by atoms with Gasteiger partial charge in [0.15, 0.2) is 0 Å². The normalized spacial score (nSPS) is 46.8. The Morgan fingerprint density at radius 2 is 0.500 bits per heavy atom. The van der Waals surface area contributed by atoms with Crippen molar-refractivity contribution in [2.75, 3.05) is 0 Å². The Morgan fingerprint density at radius 3 is 0.542 bits per heavy atom. The standard InChI is InChI=1S/2C10H20.C2H4O.Sm/c2*1-6-7(2)9(4)10(5)8(6)3;1-2-3;/h2*6-10H,1-5H3;2-3H,1H2;. The molecule has 2 fully saturated rings. The average Bonchev–Trinajstić information content (AvgIpc) is 2.80. The van der Waals surface area contributed by atoms with E-state index in [0.29, 0.717) is 0 Å². The first-order chi connectivity index (χ1) is 10.5. The van der Waals surface area contributed by atoms with Crippen LogP contribution in [0.4, 0.5) is 0 Å². The van der Waals surface area contributed by atoms with E-state index in [9.17, 15) is 0 Å². The van der Waals surface area contributed by atoms with E-state index >= 15 is 0 Å². The largest absolute Gasteiger partial charge is 0.516 e. The molecule has 0 heterocycles. The molecule has 0 spiro atoms. The van der Waals surface area contributed by atoms with Crippen LogP contribution >= 0.6 is 0 Å². The van der Waals surface area contributed by atoms with E-state index in [1.54, 1.807) is 0 Å². The van der Waals surface area contributed by atoms with E-state index in [0.717, 1.165) is 65.4 Å². The Balaban J connectivity index is 0. The molecule has 0 amide bonds. The van der Waals surface area contributed by atoms with Crippen LogP contribution in [-0.4, -0.2) is 5.11 Å². The van der Waals surface area contributed by atoms with E-state index in [4.69, 9.17) is 5.11 Å². The summed E-state index contributed by atoms with van der Waals surface area (Å²) < 4.78 is 0. The van der Waals surface area contributed by atoms with Gasteiger partial charge in [-0.2, -0.15) is 0 Å². The molecule has 144 valence electrons. The maximum absolute atomic E-state index is 7.33. The molecule has 0 bridgehead atoms. The monoisotopic (exact) mass is 476 g/mol. The molecule has 24 heavy (non-hydrogen) atoms. The first-order valence-corrected chi connectivity index (χ1v) is 9.77. The van der Waals surface area contributed by atoms with Crippen molar-refractivity contribution in [1.29, 1.82) is 0 Å². The summed E-state index contributed by atoms with van der Waals surface area (Å²) in [6, 6.07) is 0. The average molecular weight is 475 g/mol. The topological polar surface area (TPSA) is 20.2 Å². The van der Waals surface area contributed by atoms with Crippen LogP contribution in [0.5, 0.6) is 0 Å². The number of aliphatic hydroxyl groups excluding tert-OH is 1. The van der Waals surface area contributed by atoms with Gasteiger partial charge < -0.3 is 5.11 Å². The minimum absolute atomic E-state index is 0. The number of aliphatic hydroxyl groups is 1. The molecule has 0 aromatic heterocycles. The van der Waals surface area contributed by atoms with E-state index in [2.05, 4.69) is 75.8 Å².